The Morgan fingerprint density at radius 3 is 2.25 bits per heavy atom. The molecule has 5 nitrogen and oxygen atoms in total. The lowest BCUT2D eigenvalue weighted by Crippen LogP contribution is -2.11. The van der Waals surface area contributed by atoms with Crippen LogP contribution in [0.5, 0.6) is 0 Å². The summed E-state index contributed by atoms with van der Waals surface area (Å²) in [5.74, 6) is 0. The van der Waals surface area contributed by atoms with Crippen LogP contribution in [0.15, 0.2) is 52.7 Å². The third-order valence-electron chi connectivity index (χ3n) is 3.46. The van der Waals surface area contributed by atoms with E-state index in [9.17, 15) is 8.42 Å². The van der Waals surface area contributed by atoms with E-state index in [0.29, 0.717) is 0 Å². The normalized spacial score (nSPS) is 11.5. The van der Waals surface area contributed by atoms with E-state index < -0.39 is 10.0 Å². The molecule has 1 heterocycles. The maximum Gasteiger partial charge on any atom is 0.238 e. The lowest BCUT2D eigenvalue weighted by Gasteiger charge is -2.05. The Hall–Kier alpha value is -2.22. The zero-order chi connectivity index (χ0) is 17.3. The number of aryl methyl sites for hydroxylation is 2. The van der Waals surface area contributed by atoms with Crippen molar-refractivity contribution in [3.63, 3.8) is 0 Å². The predicted octanol–water partition coefficient (Wildman–Crippen LogP) is 3.82. The number of benzene rings is 2. The molecule has 3 rings (SSSR count). The Bertz CT molecular complexity index is 957. The van der Waals surface area contributed by atoms with E-state index in [2.05, 4.69) is 42.3 Å². The first-order valence-electron chi connectivity index (χ1n) is 7.25. The molecule has 0 saturated heterocycles. The lowest BCUT2D eigenvalue weighted by molar-refractivity contribution is 0.598. The van der Waals surface area contributed by atoms with Crippen LogP contribution in [0.25, 0.3) is 11.3 Å². The van der Waals surface area contributed by atoms with Crippen LogP contribution in [-0.2, 0) is 10.0 Å². The largest absolute Gasteiger partial charge is 0.332 e. The zero-order valence-corrected chi connectivity index (χ0v) is 14.9. The number of aromatic nitrogens is 1. The molecule has 2 aromatic carbocycles. The SMILES string of the molecule is Cc1cc(C)cc(Nc2nc(-c3ccc(S(N)(=O)=O)cc3)cs2)c1. The average molecular weight is 359 g/mol. The molecular weight excluding hydrogens is 342 g/mol. The number of sulfonamides is 1. The van der Waals surface area contributed by atoms with Crippen molar-refractivity contribution in [1.82, 2.24) is 4.98 Å². The van der Waals surface area contributed by atoms with Crippen molar-refractivity contribution < 1.29 is 8.42 Å². The van der Waals surface area contributed by atoms with Gasteiger partial charge >= 0.3 is 0 Å². The van der Waals surface area contributed by atoms with Crippen LogP contribution < -0.4 is 10.5 Å². The molecule has 0 fully saturated rings. The fourth-order valence-electron chi connectivity index (χ4n) is 2.45. The predicted molar refractivity (Wildman–Crippen MR) is 98.1 cm³/mol. The van der Waals surface area contributed by atoms with Crippen LogP contribution in [0, 0.1) is 13.8 Å². The summed E-state index contributed by atoms with van der Waals surface area (Å²) in [6.45, 7) is 4.11. The van der Waals surface area contributed by atoms with E-state index in [-0.39, 0.29) is 4.90 Å². The first-order valence-corrected chi connectivity index (χ1v) is 9.68. The molecular formula is C17H17N3O2S2. The number of nitrogens with one attached hydrogen (secondary N) is 1. The van der Waals surface area contributed by atoms with Crippen molar-refractivity contribution in [2.24, 2.45) is 5.14 Å². The monoisotopic (exact) mass is 359 g/mol. The van der Waals surface area contributed by atoms with Gasteiger partial charge in [0.15, 0.2) is 5.13 Å². The Morgan fingerprint density at radius 1 is 1.04 bits per heavy atom. The Kier molecular flexibility index (Phi) is 4.40. The molecule has 124 valence electrons. The molecule has 0 amide bonds. The molecule has 0 radical (unpaired) electrons. The molecule has 24 heavy (non-hydrogen) atoms. The van der Waals surface area contributed by atoms with E-state index >= 15 is 0 Å². The van der Waals surface area contributed by atoms with Gasteiger partial charge in [-0.05, 0) is 49.2 Å². The summed E-state index contributed by atoms with van der Waals surface area (Å²) in [6, 6.07) is 12.6. The molecule has 0 spiro atoms. The standard InChI is InChI=1S/C17H17N3O2S2/c1-11-7-12(2)9-14(8-11)19-17-20-16(10-23-17)13-3-5-15(6-4-13)24(18,21)22/h3-10H,1-2H3,(H,19,20)(H2,18,21,22). The van der Waals surface area contributed by atoms with Crippen LogP contribution in [0.4, 0.5) is 10.8 Å². The first kappa shape index (κ1) is 16.6. The summed E-state index contributed by atoms with van der Waals surface area (Å²) in [5.41, 5.74) is 5.00. The Labute approximate surface area is 145 Å². The molecule has 3 aromatic rings. The smallest absolute Gasteiger partial charge is 0.238 e. The number of rotatable bonds is 4. The van der Waals surface area contributed by atoms with Crippen LogP contribution in [0.2, 0.25) is 0 Å². The first-order chi connectivity index (χ1) is 11.3. The Balaban J connectivity index is 1.82. The van der Waals surface area contributed by atoms with E-state index in [0.717, 1.165) is 22.1 Å². The fraction of sp³-hybridized carbons (Fsp3) is 0.118. The van der Waals surface area contributed by atoms with E-state index in [1.54, 1.807) is 12.1 Å². The molecule has 0 unspecified atom stereocenters. The highest BCUT2D eigenvalue weighted by Crippen LogP contribution is 2.28. The maximum atomic E-state index is 11.3. The van der Waals surface area contributed by atoms with E-state index in [4.69, 9.17) is 5.14 Å². The topological polar surface area (TPSA) is 85.1 Å². The van der Waals surface area contributed by atoms with Gasteiger partial charge in [-0.3, -0.25) is 0 Å². The summed E-state index contributed by atoms with van der Waals surface area (Å²) in [7, 11) is -3.68. The van der Waals surface area contributed by atoms with Crippen LogP contribution in [0.3, 0.4) is 0 Å². The number of primary sulfonamides is 1. The summed E-state index contributed by atoms with van der Waals surface area (Å²) in [5, 5.41) is 11.1. The number of thiazole rings is 1. The molecule has 3 N–H and O–H groups in total. The van der Waals surface area contributed by atoms with Crippen molar-refractivity contribution in [3.05, 3.63) is 59.0 Å². The number of nitrogens with zero attached hydrogens (tertiary/aromatic N) is 1. The summed E-state index contributed by atoms with van der Waals surface area (Å²) in [4.78, 5) is 4.65. The van der Waals surface area contributed by atoms with Crippen LogP contribution in [-0.4, -0.2) is 13.4 Å². The lowest BCUT2D eigenvalue weighted by atomic mass is 10.1. The van der Waals surface area contributed by atoms with Gasteiger partial charge in [-0.1, -0.05) is 18.2 Å². The van der Waals surface area contributed by atoms with Crippen molar-refractivity contribution in [2.75, 3.05) is 5.32 Å². The van der Waals surface area contributed by atoms with Crippen molar-refractivity contribution in [2.45, 2.75) is 18.7 Å². The average Bonchev–Trinajstić information content (AvgIpc) is 2.94. The second kappa shape index (κ2) is 6.35. The molecule has 0 aliphatic heterocycles. The van der Waals surface area contributed by atoms with Gasteiger partial charge in [0.1, 0.15) is 0 Å². The third-order valence-corrected chi connectivity index (χ3v) is 5.14. The highest BCUT2D eigenvalue weighted by atomic mass is 32.2. The van der Waals surface area contributed by atoms with Crippen molar-refractivity contribution in [1.29, 1.82) is 0 Å². The third kappa shape index (κ3) is 3.81. The molecule has 0 bridgehead atoms. The summed E-state index contributed by atoms with van der Waals surface area (Å²) in [6.07, 6.45) is 0. The quantitative estimate of drug-likeness (QED) is 0.741. The summed E-state index contributed by atoms with van der Waals surface area (Å²) >= 11 is 1.50. The minimum absolute atomic E-state index is 0.0927. The zero-order valence-electron chi connectivity index (χ0n) is 13.3. The summed E-state index contributed by atoms with van der Waals surface area (Å²) < 4.78 is 22.6. The number of nitrogens with two attached hydrogens (primary N) is 1. The maximum absolute atomic E-state index is 11.3. The number of hydrogen-bond acceptors (Lipinski definition) is 5. The molecule has 0 aliphatic rings. The van der Waals surface area contributed by atoms with Crippen molar-refractivity contribution >= 4 is 32.2 Å². The molecule has 0 atom stereocenters. The van der Waals surface area contributed by atoms with Gasteiger partial charge in [-0.25, -0.2) is 18.5 Å². The van der Waals surface area contributed by atoms with E-state index in [1.165, 1.54) is 34.6 Å². The van der Waals surface area contributed by atoms with Crippen molar-refractivity contribution in [3.8, 4) is 11.3 Å². The van der Waals surface area contributed by atoms with Crippen LogP contribution in [0.1, 0.15) is 11.1 Å². The fourth-order valence-corrected chi connectivity index (χ4v) is 3.70. The second-order valence-electron chi connectivity index (χ2n) is 5.61. The van der Waals surface area contributed by atoms with Gasteiger partial charge < -0.3 is 5.32 Å². The highest BCUT2D eigenvalue weighted by molar-refractivity contribution is 7.89. The van der Waals surface area contributed by atoms with Gasteiger partial charge in [0.2, 0.25) is 10.0 Å². The number of anilines is 2. The highest BCUT2D eigenvalue weighted by Gasteiger charge is 2.09. The minimum atomic E-state index is -3.68. The van der Waals surface area contributed by atoms with Gasteiger partial charge in [0, 0.05) is 16.6 Å². The molecule has 0 aliphatic carbocycles. The number of hydrogen-bond donors (Lipinski definition) is 2. The van der Waals surface area contributed by atoms with E-state index in [1.807, 2.05) is 5.38 Å². The minimum Gasteiger partial charge on any atom is -0.332 e. The van der Waals surface area contributed by atoms with Gasteiger partial charge in [0.05, 0.1) is 10.6 Å². The Morgan fingerprint density at radius 2 is 1.67 bits per heavy atom. The second-order valence-corrected chi connectivity index (χ2v) is 8.03. The van der Waals surface area contributed by atoms with Crippen LogP contribution >= 0.6 is 11.3 Å². The molecule has 0 saturated carbocycles. The molecule has 1 aromatic heterocycles. The molecule has 7 heteroatoms. The van der Waals surface area contributed by atoms with Gasteiger partial charge in [-0.2, -0.15) is 0 Å². The van der Waals surface area contributed by atoms with Gasteiger partial charge in [0.25, 0.3) is 0 Å². The van der Waals surface area contributed by atoms with Gasteiger partial charge in [-0.15, -0.1) is 11.3 Å².